The molecule has 7 nitrogen and oxygen atoms in total. The molecule has 0 spiro atoms. The van der Waals surface area contributed by atoms with E-state index in [1.165, 1.54) is 0 Å². The normalized spacial score (nSPS) is 13.2. The summed E-state index contributed by atoms with van der Waals surface area (Å²) in [6, 6.07) is 12.8. The van der Waals surface area contributed by atoms with Crippen molar-refractivity contribution < 1.29 is 22.7 Å². The van der Waals surface area contributed by atoms with Gasteiger partial charge in [0.15, 0.2) is 0 Å². The SMILES string of the molecule is CCOc1ccc(N([C@@H](CC)C(=O)N[C@H](C)c2ccccc2OC)S(C)(=O)=O)cc1. The Bertz CT molecular complexity index is 944. The summed E-state index contributed by atoms with van der Waals surface area (Å²) in [5.74, 6) is 0.914. The molecule has 1 N–H and O–H groups in total. The van der Waals surface area contributed by atoms with Crippen LogP contribution in [-0.4, -0.2) is 40.3 Å². The Kier molecular flexibility index (Phi) is 8.11. The van der Waals surface area contributed by atoms with E-state index < -0.39 is 16.1 Å². The second-order valence-electron chi connectivity index (χ2n) is 6.88. The third-order valence-corrected chi connectivity index (χ3v) is 5.88. The van der Waals surface area contributed by atoms with Gasteiger partial charge in [0.25, 0.3) is 0 Å². The van der Waals surface area contributed by atoms with Crippen LogP contribution >= 0.6 is 0 Å². The van der Waals surface area contributed by atoms with Crippen LogP contribution in [0, 0.1) is 0 Å². The van der Waals surface area contributed by atoms with E-state index in [-0.39, 0.29) is 11.9 Å². The molecule has 0 heterocycles. The highest BCUT2D eigenvalue weighted by Crippen LogP contribution is 2.27. The molecule has 0 aliphatic rings. The molecule has 2 aromatic carbocycles. The fourth-order valence-electron chi connectivity index (χ4n) is 3.33. The maximum Gasteiger partial charge on any atom is 0.244 e. The summed E-state index contributed by atoms with van der Waals surface area (Å²) in [6.07, 6.45) is 1.41. The molecule has 0 saturated heterocycles. The van der Waals surface area contributed by atoms with Gasteiger partial charge in [-0.1, -0.05) is 25.1 Å². The van der Waals surface area contributed by atoms with Crippen LogP contribution in [0.2, 0.25) is 0 Å². The average molecular weight is 435 g/mol. The highest BCUT2D eigenvalue weighted by atomic mass is 32.2. The van der Waals surface area contributed by atoms with Gasteiger partial charge in [0.2, 0.25) is 15.9 Å². The molecule has 8 heteroatoms. The van der Waals surface area contributed by atoms with Crippen LogP contribution in [0.15, 0.2) is 48.5 Å². The van der Waals surface area contributed by atoms with Gasteiger partial charge in [-0.25, -0.2) is 8.42 Å². The lowest BCUT2D eigenvalue weighted by atomic mass is 10.1. The number of amides is 1. The summed E-state index contributed by atoms with van der Waals surface area (Å²) in [5.41, 5.74) is 1.23. The number of carbonyl (C=O) groups excluding carboxylic acids is 1. The number of methoxy groups -OCH3 is 1. The number of nitrogens with one attached hydrogen (secondary N) is 1. The van der Waals surface area contributed by atoms with Crippen molar-refractivity contribution in [3.05, 3.63) is 54.1 Å². The summed E-state index contributed by atoms with van der Waals surface area (Å²) in [5, 5.41) is 2.93. The third-order valence-electron chi connectivity index (χ3n) is 4.70. The Morgan fingerprint density at radius 2 is 1.73 bits per heavy atom. The summed E-state index contributed by atoms with van der Waals surface area (Å²) < 4.78 is 37.1. The standard InChI is InChI=1S/C22H30N2O5S/c1-6-20(22(25)23-16(3)19-10-8-9-11-21(19)28-4)24(30(5,26)27)17-12-14-18(15-13-17)29-7-2/h8-16,20H,6-7H2,1-5H3,(H,23,25)/t16-,20+/m1/s1. The van der Waals surface area contributed by atoms with E-state index in [0.29, 0.717) is 30.2 Å². The van der Waals surface area contributed by atoms with Crippen LogP contribution in [-0.2, 0) is 14.8 Å². The van der Waals surface area contributed by atoms with E-state index in [0.717, 1.165) is 16.1 Å². The van der Waals surface area contributed by atoms with E-state index in [4.69, 9.17) is 9.47 Å². The maximum atomic E-state index is 13.1. The molecule has 0 bridgehead atoms. The molecule has 0 saturated carbocycles. The Morgan fingerprint density at radius 1 is 1.10 bits per heavy atom. The van der Waals surface area contributed by atoms with E-state index in [1.807, 2.05) is 38.1 Å². The average Bonchev–Trinajstić information content (AvgIpc) is 2.71. The van der Waals surface area contributed by atoms with Crippen molar-refractivity contribution in [3.8, 4) is 11.5 Å². The van der Waals surface area contributed by atoms with Gasteiger partial charge >= 0.3 is 0 Å². The first-order valence-electron chi connectivity index (χ1n) is 9.88. The minimum absolute atomic E-state index is 0.310. The molecule has 0 aliphatic carbocycles. The Labute approximate surface area is 179 Å². The van der Waals surface area contributed by atoms with Gasteiger partial charge in [-0.3, -0.25) is 9.10 Å². The van der Waals surface area contributed by atoms with Gasteiger partial charge in [-0.2, -0.15) is 0 Å². The molecule has 0 aromatic heterocycles. The number of ether oxygens (including phenoxy) is 2. The Hall–Kier alpha value is -2.74. The Morgan fingerprint density at radius 3 is 2.27 bits per heavy atom. The quantitative estimate of drug-likeness (QED) is 0.618. The second kappa shape index (κ2) is 10.3. The molecule has 0 fully saturated rings. The van der Waals surface area contributed by atoms with Crippen molar-refractivity contribution >= 4 is 21.6 Å². The van der Waals surface area contributed by atoms with Crippen molar-refractivity contribution in [1.82, 2.24) is 5.32 Å². The lowest BCUT2D eigenvalue weighted by Crippen LogP contribution is -2.49. The molecule has 0 unspecified atom stereocenters. The number of hydrogen-bond donors (Lipinski definition) is 1. The van der Waals surface area contributed by atoms with E-state index in [1.54, 1.807) is 38.3 Å². The summed E-state index contributed by atoms with van der Waals surface area (Å²) in [4.78, 5) is 13.1. The smallest absolute Gasteiger partial charge is 0.244 e. The molecule has 0 aliphatic heterocycles. The molecule has 2 rings (SSSR count). The van der Waals surface area contributed by atoms with Gasteiger partial charge in [0.1, 0.15) is 17.5 Å². The summed E-state index contributed by atoms with van der Waals surface area (Å²) in [6.45, 7) is 6.00. The van der Waals surface area contributed by atoms with Crippen molar-refractivity contribution in [3.63, 3.8) is 0 Å². The first-order valence-corrected chi connectivity index (χ1v) is 11.7. The van der Waals surface area contributed by atoms with Gasteiger partial charge < -0.3 is 14.8 Å². The van der Waals surface area contributed by atoms with Gasteiger partial charge in [-0.05, 0) is 50.6 Å². The molecule has 2 atom stereocenters. The molecule has 1 amide bonds. The lowest BCUT2D eigenvalue weighted by molar-refractivity contribution is -0.122. The predicted molar refractivity (Wildman–Crippen MR) is 119 cm³/mol. The van der Waals surface area contributed by atoms with E-state index in [2.05, 4.69) is 5.32 Å². The maximum absolute atomic E-state index is 13.1. The summed E-state index contributed by atoms with van der Waals surface area (Å²) >= 11 is 0. The number of carbonyl (C=O) groups is 1. The van der Waals surface area contributed by atoms with Crippen LogP contribution < -0.4 is 19.1 Å². The van der Waals surface area contributed by atoms with E-state index in [9.17, 15) is 13.2 Å². The zero-order valence-corrected chi connectivity index (χ0v) is 18.9. The monoisotopic (exact) mass is 434 g/mol. The van der Waals surface area contributed by atoms with Crippen molar-refractivity contribution in [1.29, 1.82) is 0 Å². The van der Waals surface area contributed by atoms with Crippen LogP contribution in [0.4, 0.5) is 5.69 Å². The van der Waals surface area contributed by atoms with Crippen LogP contribution in [0.1, 0.15) is 38.8 Å². The highest BCUT2D eigenvalue weighted by molar-refractivity contribution is 7.92. The first kappa shape index (κ1) is 23.5. The van der Waals surface area contributed by atoms with Crippen molar-refractivity contribution in [2.75, 3.05) is 24.3 Å². The lowest BCUT2D eigenvalue weighted by Gasteiger charge is -2.31. The molecule has 2 aromatic rings. The largest absolute Gasteiger partial charge is 0.496 e. The number of anilines is 1. The van der Waals surface area contributed by atoms with Crippen LogP contribution in [0.25, 0.3) is 0 Å². The van der Waals surface area contributed by atoms with Crippen LogP contribution in [0.5, 0.6) is 11.5 Å². The molecule has 0 radical (unpaired) electrons. The minimum Gasteiger partial charge on any atom is -0.496 e. The van der Waals surface area contributed by atoms with Crippen molar-refractivity contribution in [2.45, 2.75) is 39.3 Å². The minimum atomic E-state index is -3.71. The number of sulfonamides is 1. The molecular weight excluding hydrogens is 404 g/mol. The summed E-state index contributed by atoms with van der Waals surface area (Å²) in [7, 11) is -2.14. The fraction of sp³-hybridized carbons (Fsp3) is 0.409. The number of nitrogens with zero attached hydrogens (tertiary/aromatic N) is 1. The van der Waals surface area contributed by atoms with Crippen LogP contribution in [0.3, 0.4) is 0 Å². The number of benzene rings is 2. The molecule has 30 heavy (non-hydrogen) atoms. The third kappa shape index (κ3) is 5.66. The number of rotatable bonds is 10. The molecule has 164 valence electrons. The van der Waals surface area contributed by atoms with Crippen molar-refractivity contribution in [2.24, 2.45) is 0 Å². The second-order valence-corrected chi connectivity index (χ2v) is 8.74. The van der Waals surface area contributed by atoms with Gasteiger partial charge in [-0.15, -0.1) is 0 Å². The van der Waals surface area contributed by atoms with E-state index >= 15 is 0 Å². The van der Waals surface area contributed by atoms with Gasteiger partial charge in [0, 0.05) is 5.56 Å². The number of hydrogen-bond acceptors (Lipinski definition) is 5. The molecular formula is C22H30N2O5S. The number of para-hydroxylation sites is 1. The Balaban J connectivity index is 2.31. The highest BCUT2D eigenvalue weighted by Gasteiger charge is 2.32. The zero-order chi connectivity index (χ0) is 22.3. The zero-order valence-electron chi connectivity index (χ0n) is 18.1. The van der Waals surface area contributed by atoms with Gasteiger partial charge in [0.05, 0.1) is 31.7 Å². The first-order chi connectivity index (χ1) is 14.2. The predicted octanol–water partition coefficient (Wildman–Crippen LogP) is 3.52. The fourth-order valence-corrected chi connectivity index (χ4v) is 4.54. The topological polar surface area (TPSA) is 84.9 Å².